The fourth-order valence-electron chi connectivity index (χ4n) is 1.56. The highest BCUT2D eigenvalue weighted by molar-refractivity contribution is 7.71. The minimum atomic E-state index is 0.0718. The van der Waals surface area contributed by atoms with Gasteiger partial charge in [0, 0.05) is 19.8 Å². The van der Waals surface area contributed by atoms with Crippen LogP contribution in [0.25, 0.3) is 0 Å². The van der Waals surface area contributed by atoms with Crippen molar-refractivity contribution in [2.45, 2.75) is 26.2 Å². The van der Waals surface area contributed by atoms with E-state index in [1.807, 2.05) is 0 Å². The van der Waals surface area contributed by atoms with Crippen LogP contribution in [0.1, 0.15) is 34.9 Å². The Hall–Kier alpha value is -1.03. The first-order valence-corrected chi connectivity index (χ1v) is 4.63. The average molecular weight is 195 g/mol. The molecular formula is C9H9NO2S. The van der Waals surface area contributed by atoms with Gasteiger partial charge in [-0.05, 0) is 6.42 Å². The van der Waals surface area contributed by atoms with E-state index in [-0.39, 0.29) is 5.78 Å². The highest BCUT2D eigenvalue weighted by Gasteiger charge is 2.21. The predicted octanol–water partition coefficient (Wildman–Crippen LogP) is 2.23. The van der Waals surface area contributed by atoms with Crippen LogP contribution in [0.3, 0.4) is 0 Å². The van der Waals surface area contributed by atoms with Crippen LogP contribution in [0.5, 0.6) is 0 Å². The van der Waals surface area contributed by atoms with Gasteiger partial charge in [-0.15, -0.1) is 0 Å². The lowest BCUT2D eigenvalue weighted by Gasteiger charge is -2.12. The molecule has 4 heteroatoms. The highest BCUT2D eigenvalue weighted by Crippen LogP contribution is 2.21. The SMILES string of the molecule is Cc1nc(=S)c2c(o1)CCCC2=O. The first-order chi connectivity index (χ1) is 6.18. The Kier molecular flexibility index (Phi) is 2.00. The number of nitrogens with zero attached hydrogens (tertiary/aromatic N) is 1. The molecule has 1 aliphatic rings. The van der Waals surface area contributed by atoms with Gasteiger partial charge in [-0.1, -0.05) is 12.2 Å². The molecular weight excluding hydrogens is 186 g/mol. The van der Waals surface area contributed by atoms with Gasteiger partial charge in [0.1, 0.15) is 10.4 Å². The van der Waals surface area contributed by atoms with Crippen molar-refractivity contribution in [2.75, 3.05) is 0 Å². The van der Waals surface area contributed by atoms with E-state index in [2.05, 4.69) is 4.98 Å². The van der Waals surface area contributed by atoms with E-state index >= 15 is 0 Å². The predicted molar refractivity (Wildman–Crippen MR) is 49.3 cm³/mol. The topological polar surface area (TPSA) is 43.1 Å². The number of hydrogen-bond donors (Lipinski definition) is 0. The van der Waals surface area contributed by atoms with Crippen molar-refractivity contribution in [2.24, 2.45) is 0 Å². The molecule has 0 radical (unpaired) electrons. The summed E-state index contributed by atoms with van der Waals surface area (Å²) < 4.78 is 5.74. The zero-order valence-electron chi connectivity index (χ0n) is 7.29. The molecule has 0 saturated carbocycles. The first-order valence-electron chi connectivity index (χ1n) is 4.22. The molecule has 0 aliphatic heterocycles. The molecule has 0 aromatic carbocycles. The zero-order chi connectivity index (χ0) is 9.42. The van der Waals surface area contributed by atoms with Crippen LogP contribution in [0.2, 0.25) is 0 Å². The van der Waals surface area contributed by atoms with Crippen LogP contribution < -0.4 is 0 Å². The maximum absolute atomic E-state index is 11.5. The molecule has 13 heavy (non-hydrogen) atoms. The van der Waals surface area contributed by atoms with E-state index < -0.39 is 0 Å². The molecule has 2 rings (SSSR count). The van der Waals surface area contributed by atoms with Gasteiger partial charge in [0.15, 0.2) is 11.7 Å². The number of aromatic nitrogens is 1. The lowest BCUT2D eigenvalue weighted by Crippen LogP contribution is -2.12. The van der Waals surface area contributed by atoms with Crippen molar-refractivity contribution in [3.05, 3.63) is 21.9 Å². The molecule has 1 aliphatic carbocycles. The minimum Gasteiger partial charge on any atom is -0.447 e. The third kappa shape index (κ3) is 1.42. The second-order valence-electron chi connectivity index (χ2n) is 3.11. The summed E-state index contributed by atoms with van der Waals surface area (Å²) in [6, 6.07) is 0. The molecule has 0 unspecified atom stereocenters. The zero-order valence-corrected chi connectivity index (χ0v) is 8.11. The number of Topliss-reactive ketones (excluding diaryl/α,β-unsaturated/α-hetero) is 1. The molecule has 0 spiro atoms. The van der Waals surface area contributed by atoms with E-state index in [4.69, 9.17) is 16.6 Å². The van der Waals surface area contributed by atoms with Gasteiger partial charge in [0.2, 0.25) is 0 Å². The van der Waals surface area contributed by atoms with Crippen LogP contribution in [-0.2, 0) is 6.42 Å². The molecule has 0 amide bonds. The Balaban J connectivity index is 2.70. The van der Waals surface area contributed by atoms with Crippen molar-refractivity contribution in [3.8, 4) is 0 Å². The van der Waals surface area contributed by atoms with Crippen LogP contribution in [0.15, 0.2) is 4.42 Å². The molecule has 3 nitrogen and oxygen atoms in total. The second-order valence-corrected chi connectivity index (χ2v) is 3.50. The molecule has 0 bridgehead atoms. The summed E-state index contributed by atoms with van der Waals surface area (Å²) in [6.45, 7) is 1.75. The van der Waals surface area contributed by atoms with Crippen molar-refractivity contribution >= 4 is 18.0 Å². The Morgan fingerprint density at radius 2 is 2.23 bits per heavy atom. The molecule has 0 atom stereocenters. The third-order valence-corrected chi connectivity index (χ3v) is 2.40. The maximum atomic E-state index is 11.5. The number of hydrogen-bond acceptors (Lipinski definition) is 4. The van der Waals surface area contributed by atoms with E-state index in [1.165, 1.54) is 0 Å². The van der Waals surface area contributed by atoms with Crippen molar-refractivity contribution in [1.82, 2.24) is 4.98 Å². The average Bonchev–Trinajstić information content (AvgIpc) is 2.02. The summed E-state index contributed by atoms with van der Waals surface area (Å²) >= 11 is 5.01. The summed E-state index contributed by atoms with van der Waals surface area (Å²) in [5, 5.41) is 0. The molecule has 1 heterocycles. The minimum absolute atomic E-state index is 0.0718. The van der Waals surface area contributed by atoms with Gasteiger partial charge >= 0.3 is 0 Å². The number of ketones is 1. The van der Waals surface area contributed by atoms with Gasteiger partial charge in [0.25, 0.3) is 0 Å². The monoisotopic (exact) mass is 195 g/mol. The van der Waals surface area contributed by atoms with Gasteiger partial charge in [-0.2, -0.15) is 0 Å². The van der Waals surface area contributed by atoms with E-state index in [0.29, 0.717) is 28.3 Å². The number of aryl methyl sites for hydroxylation is 2. The van der Waals surface area contributed by atoms with Crippen molar-refractivity contribution in [3.63, 3.8) is 0 Å². The molecule has 68 valence electrons. The highest BCUT2D eigenvalue weighted by atomic mass is 32.1. The summed E-state index contributed by atoms with van der Waals surface area (Å²) in [5.74, 6) is 1.33. The van der Waals surface area contributed by atoms with Crippen molar-refractivity contribution < 1.29 is 9.21 Å². The van der Waals surface area contributed by atoms with Crippen molar-refractivity contribution in [1.29, 1.82) is 0 Å². The Labute approximate surface area is 80.8 Å². The normalized spacial score (nSPS) is 15.6. The second kappa shape index (κ2) is 3.03. The summed E-state index contributed by atoms with van der Waals surface area (Å²) in [7, 11) is 0. The Morgan fingerprint density at radius 3 is 3.00 bits per heavy atom. The molecule has 0 N–H and O–H groups in total. The van der Waals surface area contributed by atoms with Crippen LogP contribution in [0.4, 0.5) is 0 Å². The number of carbonyl (C=O) groups is 1. The summed E-state index contributed by atoms with van der Waals surface area (Å²) in [5.41, 5.74) is 0.534. The lowest BCUT2D eigenvalue weighted by atomic mass is 9.97. The fraction of sp³-hybridized carbons (Fsp3) is 0.444. The van der Waals surface area contributed by atoms with E-state index in [0.717, 1.165) is 12.8 Å². The van der Waals surface area contributed by atoms with E-state index in [9.17, 15) is 4.79 Å². The van der Waals surface area contributed by atoms with Gasteiger partial charge < -0.3 is 4.42 Å². The van der Waals surface area contributed by atoms with E-state index in [1.54, 1.807) is 6.92 Å². The van der Waals surface area contributed by atoms with Crippen LogP contribution >= 0.6 is 12.2 Å². The molecule has 1 aromatic heterocycles. The van der Waals surface area contributed by atoms with Crippen LogP contribution in [0, 0.1) is 11.6 Å². The third-order valence-electron chi connectivity index (χ3n) is 2.11. The quantitative estimate of drug-likeness (QED) is 0.595. The number of carbonyl (C=O) groups excluding carboxylic acids is 1. The largest absolute Gasteiger partial charge is 0.447 e. The van der Waals surface area contributed by atoms with Gasteiger partial charge in [-0.3, -0.25) is 4.79 Å². The number of fused-ring (bicyclic) bond motifs is 1. The van der Waals surface area contributed by atoms with Gasteiger partial charge in [-0.25, -0.2) is 4.98 Å². The smallest absolute Gasteiger partial charge is 0.192 e. The fourth-order valence-corrected chi connectivity index (χ4v) is 1.91. The molecule has 1 aromatic rings. The number of rotatable bonds is 0. The Morgan fingerprint density at radius 1 is 1.46 bits per heavy atom. The molecule has 0 saturated heterocycles. The summed E-state index contributed by atoms with van der Waals surface area (Å²) in [4.78, 5) is 15.4. The standard InChI is InChI=1S/C9H9NO2S/c1-5-10-9(13)8-6(11)3-2-4-7(8)12-5/h2-4H2,1H3. The summed E-state index contributed by atoms with van der Waals surface area (Å²) in [6.07, 6.45) is 2.22. The maximum Gasteiger partial charge on any atom is 0.192 e. The van der Waals surface area contributed by atoms with Gasteiger partial charge in [0.05, 0.1) is 5.56 Å². The lowest BCUT2D eigenvalue weighted by molar-refractivity contribution is 0.0964. The molecule has 0 fully saturated rings. The van der Waals surface area contributed by atoms with Crippen LogP contribution in [-0.4, -0.2) is 10.8 Å². The first kappa shape index (κ1) is 8.56. The Bertz CT molecular complexity index is 422.